The Hall–Kier alpha value is -1.68. The fraction of sp³-hybridized carbons (Fsp3) is 0.375. The molecule has 0 spiro atoms. The van der Waals surface area contributed by atoms with Crippen LogP contribution >= 0.6 is 11.6 Å². The van der Waals surface area contributed by atoms with Crippen molar-refractivity contribution in [1.29, 1.82) is 0 Å². The lowest BCUT2D eigenvalue weighted by atomic mass is 10.0. The molecule has 110 valence electrons. The molecule has 21 heavy (non-hydrogen) atoms. The van der Waals surface area contributed by atoms with Crippen LogP contribution in [0.2, 0.25) is 5.15 Å². The average Bonchev–Trinajstić information content (AvgIpc) is 3.01. The molecule has 1 saturated carbocycles. The van der Waals surface area contributed by atoms with Gasteiger partial charge in [0.25, 0.3) is 0 Å². The predicted octanol–water partition coefficient (Wildman–Crippen LogP) is 4.60. The summed E-state index contributed by atoms with van der Waals surface area (Å²) in [6.45, 7) is 0. The molecule has 1 aliphatic carbocycles. The topological polar surface area (TPSA) is 35.0 Å². The van der Waals surface area contributed by atoms with Crippen LogP contribution in [0.4, 0.5) is 4.39 Å². The smallest absolute Gasteiger partial charge is 0.165 e. The first kappa shape index (κ1) is 14.3. The number of hydrogen-bond acceptors (Lipinski definition) is 3. The van der Waals surface area contributed by atoms with E-state index in [1.165, 1.54) is 26.0 Å². The van der Waals surface area contributed by atoms with E-state index < -0.39 is 5.82 Å². The van der Waals surface area contributed by atoms with Gasteiger partial charge in [0.2, 0.25) is 0 Å². The van der Waals surface area contributed by atoms with E-state index in [0.717, 1.165) is 18.5 Å². The van der Waals surface area contributed by atoms with Gasteiger partial charge in [-0.25, -0.2) is 14.4 Å². The molecule has 5 heteroatoms. The Morgan fingerprint density at radius 1 is 1.19 bits per heavy atom. The van der Waals surface area contributed by atoms with Gasteiger partial charge in [-0.1, -0.05) is 24.4 Å². The maximum absolute atomic E-state index is 13.8. The van der Waals surface area contributed by atoms with E-state index in [1.807, 2.05) is 6.07 Å². The van der Waals surface area contributed by atoms with Crippen LogP contribution in [-0.2, 0) is 0 Å². The quantitative estimate of drug-likeness (QED) is 0.777. The SMILES string of the molecule is COc1ccc(-c2nc(Cl)cc(C3CCCC3)n2)cc1F. The highest BCUT2D eigenvalue weighted by Gasteiger charge is 2.20. The number of methoxy groups -OCH3 is 1. The minimum absolute atomic E-state index is 0.205. The van der Waals surface area contributed by atoms with Crippen LogP contribution in [0.1, 0.15) is 37.3 Å². The first-order valence-corrected chi connectivity index (χ1v) is 7.43. The Morgan fingerprint density at radius 2 is 1.95 bits per heavy atom. The Labute approximate surface area is 128 Å². The Kier molecular flexibility index (Phi) is 4.06. The molecule has 0 bridgehead atoms. The zero-order chi connectivity index (χ0) is 14.8. The van der Waals surface area contributed by atoms with Crippen LogP contribution < -0.4 is 4.74 Å². The summed E-state index contributed by atoms with van der Waals surface area (Å²) < 4.78 is 18.7. The van der Waals surface area contributed by atoms with Gasteiger partial charge in [0.1, 0.15) is 5.15 Å². The van der Waals surface area contributed by atoms with Crippen molar-refractivity contribution in [1.82, 2.24) is 9.97 Å². The van der Waals surface area contributed by atoms with Crippen molar-refractivity contribution in [2.45, 2.75) is 31.6 Å². The molecule has 1 aromatic carbocycles. The molecule has 0 amide bonds. The van der Waals surface area contributed by atoms with E-state index in [2.05, 4.69) is 9.97 Å². The summed E-state index contributed by atoms with van der Waals surface area (Å²) in [5.74, 6) is 0.677. The Morgan fingerprint density at radius 3 is 2.62 bits per heavy atom. The number of nitrogens with zero attached hydrogens (tertiary/aromatic N) is 2. The normalized spacial score (nSPS) is 15.4. The predicted molar refractivity (Wildman–Crippen MR) is 80.2 cm³/mol. The number of benzene rings is 1. The van der Waals surface area contributed by atoms with E-state index in [1.54, 1.807) is 12.1 Å². The maximum Gasteiger partial charge on any atom is 0.165 e. The number of aromatic nitrogens is 2. The molecular formula is C16H16ClFN2O. The zero-order valence-electron chi connectivity index (χ0n) is 11.8. The monoisotopic (exact) mass is 306 g/mol. The van der Waals surface area contributed by atoms with Crippen molar-refractivity contribution in [2.75, 3.05) is 7.11 Å². The van der Waals surface area contributed by atoms with E-state index in [4.69, 9.17) is 16.3 Å². The summed E-state index contributed by atoms with van der Waals surface area (Å²) in [5, 5.41) is 0.401. The van der Waals surface area contributed by atoms with Gasteiger partial charge in [0, 0.05) is 17.2 Å². The molecule has 0 saturated heterocycles. The van der Waals surface area contributed by atoms with Gasteiger partial charge in [0.05, 0.1) is 7.11 Å². The molecule has 0 N–H and O–H groups in total. The second kappa shape index (κ2) is 5.98. The summed E-state index contributed by atoms with van der Waals surface area (Å²) >= 11 is 6.11. The van der Waals surface area contributed by atoms with Gasteiger partial charge < -0.3 is 4.74 Å². The molecule has 0 aliphatic heterocycles. The molecule has 2 aromatic rings. The standard InChI is InChI=1S/C16H16ClFN2O/c1-21-14-7-6-11(8-12(14)18)16-19-13(9-15(17)20-16)10-4-2-3-5-10/h6-10H,2-5H2,1H3. The van der Waals surface area contributed by atoms with Crippen LogP contribution in [0.3, 0.4) is 0 Å². The molecule has 0 atom stereocenters. The summed E-state index contributed by atoms with van der Waals surface area (Å²) in [6.07, 6.45) is 4.70. The average molecular weight is 307 g/mol. The van der Waals surface area contributed by atoms with E-state index in [9.17, 15) is 4.39 Å². The molecule has 0 unspecified atom stereocenters. The van der Waals surface area contributed by atoms with Crippen LogP contribution in [0.5, 0.6) is 5.75 Å². The molecule has 1 heterocycles. The van der Waals surface area contributed by atoms with E-state index >= 15 is 0 Å². The van der Waals surface area contributed by atoms with Crippen molar-refractivity contribution in [2.24, 2.45) is 0 Å². The largest absolute Gasteiger partial charge is 0.494 e. The highest BCUT2D eigenvalue weighted by Crippen LogP contribution is 2.34. The first-order valence-electron chi connectivity index (χ1n) is 7.06. The van der Waals surface area contributed by atoms with Crippen LogP contribution in [0.15, 0.2) is 24.3 Å². The Bertz CT molecular complexity index is 657. The van der Waals surface area contributed by atoms with Crippen molar-refractivity contribution >= 4 is 11.6 Å². The molecule has 1 fully saturated rings. The van der Waals surface area contributed by atoms with E-state index in [-0.39, 0.29) is 5.75 Å². The molecule has 3 rings (SSSR count). The van der Waals surface area contributed by atoms with Gasteiger partial charge in [-0.3, -0.25) is 0 Å². The van der Waals surface area contributed by atoms with Gasteiger partial charge in [-0.15, -0.1) is 0 Å². The third-order valence-corrected chi connectivity index (χ3v) is 4.09. The van der Waals surface area contributed by atoms with Crippen LogP contribution in [0, 0.1) is 5.82 Å². The summed E-state index contributed by atoms with van der Waals surface area (Å²) in [4.78, 5) is 8.80. The van der Waals surface area contributed by atoms with Crippen molar-refractivity contribution in [3.05, 3.63) is 40.9 Å². The highest BCUT2D eigenvalue weighted by atomic mass is 35.5. The minimum Gasteiger partial charge on any atom is -0.494 e. The summed E-state index contributed by atoms with van der Waals surface area (Å²) in [6, 6.07) is 6.51. The first-order chi connectivity index (χ1) is 10.2. The van der Waals surface area contributed by atoms with Crippen LogP contribution in [-0.4, -0.2) is 17.1 Å². The second-order valence-corrected chi connectivity index (χ2v) is 5.66. The lowest BCUT2D eigenvalue weighted by Crippen LogP contribution is -2.01. The number of halogens is 2. The van der Waals surface area contributed by atoms with Gasteiger partial charge >= 0.3 is 0 Å². The summed E-state index contributed by atoms with van der Waals surface area (Å²) in [5.41, 5.74) is 1.56. The third kappa shape index (κ3) is 3.00. The van der Waals surface area contributed by atoms with E-state index in [0.29, 0.717) is 22.5 Å². The second-order valence-electron chi connectivity index (χ2n) is 5.27. The fourth-order valence-corrected chi connectivity index (χ4v) is 2.99. The molecule has 1 aliphatic rings. The van der Waals surface area contributed by atoms with Gasteiger partial charge in [0.15, 0.2) is 17.4 Å². The molecule has 1 aromatic heterocycles. The van der Waals surface area contributed by atoms with Gasteiger partial charge in [-0.2, -0.15) is 0 Å². The van der Waals surface area contributed by atoms with Crippen molar-refractivity contribution < 1.29 is 9.13 Å². The minimum atomic E-state index is -0.430. The van der Waals surface area contributed by atoms with Gasteiger partial charge in [-0.05, 0) is 37.1 Å². The number of ether oxygens (including phenoxy) is 1. The number of rotatable bonds is 3. The number of hydrogen-bond donors (Lipinski definition) is 0. The highest BCUT2D eigenvalue weighted by molar-refractivity contribution is 6.29. The Balaban J connectivity index is 1.99. The zero-order valence-corrected chi connectivity index (χ0v) is 12.5. The molecule has 0 radical (unpaired) electrons. The third-order valence-electron chi connectivity index (χ3n) is 3.90. The summed E-state index contributed by atoms with van der Waals surface area (Å²) in [7, 11) is 1.44. The van der Waals surface area contributed by atoms with Crippen molar-refractivity contribution in [3.8, 4) is 17.1 Å². The van der Waals surface area contributed by atoms with Crippen LogP contribution in [0.25, 0.3) is 11.4 Å². The lowest BCUT2D eigenvalue weighted by molar-refractivity contribution is 0.386. The van der Waals surface area contributed by atoms with Crippen molar-refractivity contribution in [3.63, 3.8) is 0 Å². The molecular weight excluding hydrogens is 291 g/mol. The fourth-order valence-electron chi connectivity index (χ4n) is 2.80. The maximum atomic E-state index is 13.8. The molecule has 3 nitrogen and oxygen atoms in total. The lowest BCUT2D eigenvalue weighted by Gasteiger charge is -2.11.